The van der Waals surface area contributed by atoms with Crippen LogP contribution in [0.3, 0.4) is 0 Å². The van der Waals surface area contributed by atoms with E-state index in [0.29, 0.717) is 5.75 Å². The van der Waals surface area contributed by atoms with E-state index < -0.39 is 0 Å². The molecule has 1 aromatic carbocycles. The first-order valence-electron chi connectivity index (χ1n) is 7.16. The molecule has 0 aliphatic heterocycles. The van der Waals surface area contributed by atoms with Gasteiger partial charge in [0.2, 0.25) is 5.91 Å². The molecule has 0 atom stereocenters. The van der Waals surface area contributed by atoms with Crippen molar-refractivity contribution in [3.8, 4) is 11.3 Å². The van der Waals surface area contributed by atoms with Crippen molar-refractivity contribution >= 4 is 29.0 Å². The minimum atomic E-state index is 0.0881. The molecule has 3 nitrogen and oxygen atoms in total. The van der Waals surface area contributed by atoms with Gasteiger partial charge in [-0.1, -0.05) is 55.9 Å². The molecule has 5 heteroatoms. The lowest BCUT2D eigenvalue weighted by Gasteiger charge is -2.13. The zero-order valence-electron chi connectivity index (χ0n) is 12.3. The van der Waals surface area contributed by atoms with Gasteiger partial charge in [0.05, 0.1) is 11.4 Å². The molecule has 2 rings (SSSR count). The molecule has 1 amide bonds. The standard InChI is InChI=1S/C16H20N2OS2/c1-3-13(4-2)17-15(19)11-21-16-18-14(10-20-16)12-8-6-5-7-9-12/h5-10,13H,3-4,11H2,1-2H3,(H,17,19). The molecule has 1 aromatic heterocycles. The molecule has 2 aromatic rings. The summed E-state index contributed by atoms with van der Waals surface area (Å²) in [7, 11) is 0. The molecule has 0 spiro atoms. The van der Waals surface area contributed by atoms with E-state index in [1.807, 2.05) is 35.7 Å². The maximum Gasteiger partial charge on any atom is 0.230 e. The van der Waals surface area contributed by atoms with Crippen LogP contribution in [0.25, 0.3) is 11.3 Å². The normalized spacial score (nSPS) is 10.8. The molecule has 0 radical (unpaired) electrons. The van der Waals surface area contributed by atoms with Gasteiger partial charge in [-0.2, -0.15) is 0 Å². The fraction of sp³-hybridized carbons (Fsp3) is 0.375. The van der Waals surface area contributed by atoms with Crippen molar-refractivity contribution in [1.82, 2.24) is 10.3 Å². The zero-order valence-corrected chi connectivity index (χ0v) is 14.0. The summed E-state index contributed by atoms with van der Waals surface area (Å²) in [5, 5.41) is 5.08. The second-order valence-electron chi connectivity index (χ2n) is 4.73. The number of carbonyl (C=O) groups excluding carboxylic acids is 1. The highest BCUT2D eigenvalue weighted by atomic mass is 32.2. The lowest BCUT2D eigenvalue weighted by Crippen LogP contribution is -2.34. The van der Waals surface area contributed by atoms with E-state index in [1.165, 1.54) is 11.8 Å². The molecular formula is C16H20N2OS2. The van der Waals surface area contributed by atoms with Crippen LogP contribution in [0, 0.1) is 0 Å². The van der Waals surface area contributed by atoms with Crippen molar-refractivity contribution in [2.45, 2.75) is 37.1 Å². The van der Waals surface area contributed by atoms with Crippen molar-refractivity contribution < 1.29 is 4.79 Å². The summed E-state index contributed by atoms with van der Waals surface area (Å²) in [6, 6.07) is 10.4. The molecule has 0 aliphatic rings. The Labute approximate surface area is 134 Å². The van der Waals surface area contributed by atoms with Gasteiger partial charge in [0.1, 0.15) is 0 Å². The smallest absolute Gasteiger partial charge is 0.230 e. The molecule has 112 valence electrons. The molecule has 0 aliphatic carbocycles. The molecule has 1 heterocycles. The molecule has 0 saturated carbocycles. The number of amides is 1. The topological polar surface area (TPSA) is 42.0 Å². The summed E-state index contributed by atoms with van der Waals surface area (Å²) in [4.78, 5) is 16.4. The van der Waals surface area contributed by atoms with Crippen LogP contribution < -0.4 is 5.32 Å². The fourth-order valence-corrected chi connectivity index (χ4v) is 3.60. The summed E-state index contributed by atoms with van der Waals surface area (Å²) in [6.45, 7) is 4.18. The van der Waals surface area contributed by atoms with Crippen molar-refractivity contribution in [3.05, 3.63) is 35.7 Å². The number of thiazole rings is 1. The van der Waals surface area contributed by atoms with E-state index in [1.54, 1.807) is 11.3 Å². The minimum absolute atomic E-state index is 0.0881. The first-order valence-corrected chi connectivity index (χ1v) is 9.02. The lowest BCUT2D eigenvalue weighted by atomic mass is 10.2. The second-order valence-corrected chi connectivity index (χ2v) is 6.81. The van der Waals surface area contributed by atoms with E-state index in [2.05, 4.69) is 24.1 Å². The Balaban J connectivity index is 1.87. The van der Waals surface area contributed by atoms with Gasteiger partial charge >= 0.3 is 0 Å². The number of carbonyl (C=O) groups is 1. The summed E-state index contributed by atoms with van der Waals surface area (Å²) in [5.41, 5.74) is 2.09. The zero-order chi connectivity index (χ0) is 15.1. The van der Waals surface area contributed by atoms with Gasteiger partial charge in [0, 0.05) is 17.0 Å². The number of nitrogens with zero attached hydrogens (tertiary/aromatic N) is 1. The highest BCUT2D eigenvalue weighted by molar-refractivity contribution is 8.01. The quantitative estimate of drug-likeness (QED) is 0.777. The monoisotopic (exact) mass is 320 g/mol. The van der Waals surface area contributed by atoms with Crippen LogP contribution in [-0.2, 0) is 4.79 Å². The van der Waals surface area contributed by atoms with Crippen LogP contribution in [0.2, 0.25) is 0 Å². The van der Waals surface area contributed by atoms with Crippen molar-refractivity contribution in [1.29, 1.82) is 0 Å². The number of thioether (sulfide) groups is 1. The molecule has 0 fully saturated rings. The number of rotatable bonds is 7. The Kier molecular flexibility index (Phi) is 6.26. The molecule has 0 bridgehead atoms. The average Bonchev–Trinajstić information content (AvgIpc) is 3.00. The molecular weight excluding hydrogens is 300 g/mol. The number of benzene rings is 1. The number of nitrogens with one attached hydrogen (secondary N) is 1. The van der Waals surface area contributed by atoms with Crippen LogP contribution in [0.1, 0.15) is 26.7 Å². The Morgan fingerprint density at radius 2 is 2.00 bits per heavy atom. The number of hydrogen-bond acceptors (Lipinski definition) is 4. The Hall–Kier alpha value is -1.33. The first kappa shape index (κ1) is 16.0. The van der Waals surface area contributed by atoms with Crippen molar-refractivity contribution in [3.63, 3.8) is 0 Å². The van der Waals surface area contributed by atoms with Gasteiger partial charge in [-0.15, -0.1) is 11.3 Å². The largest absolute Gasteiger partial charge is 0.353 e. The van der Waals surface area contributed by atoms with Gasteiger partial charge in [-0.3, -0.25) is 4.79 Å². The maximum atomic E-state index is 11.9. The van der Waals surface area contributed by atoms with E-state index >= 15 is 0 Å². The summed E-state index contributed by atoms with van der Waals surface area (Å²) in [5.74, 6) is 0.517. The van der Waals surface area contributed by atoms with Crippen molar-refractivity contribution in [2.75, 3.05) is 5.75 Å². The maximum absolute atomic E-state index is 11.9. The Morgan fingerprint density at radius 3 is 2.67 bits per heavy atom. The summed E-state index contributed by atoms with van der Waals surface area (Å²) >= 11 is 3.09. The van der Waals surface area contributed by atoms with Gasteiger partial charge in [-0.25, -0.2) is 4.98 Å². The second kappa shape index (κ2) is 8.20. The van der Waals surface area contributed by atoms with Crippen LogP contribution in [0.5, 0.6) is 0 Å². The van der Waals surface area contributed by atoms with Gasteiger partial charge in [0.25, 0.3) is 0 Å². The van der Waals surface area contributed by atoms with Crippen molar-refractivity contribution in [2.24, 2.45) is 0 Å². The van der Waals surface area contributed by atoms with Crippen LogP contribution >= 0.6 is 23.1 Å². The van der Waals surface area contributed by atoms with E-state index in [4.69, 9.17) is 0 Å². The predicted octanol–water partition coefficient (Wildman–Crippen LogP) is 4.21. The third kappa shape index (κ3) is 4.86. The third-order valence-electron chi connectivity index (χ3n) is 3.23. The highest BCUT2D eigenvalue weighted by Gasteiger charge is 2.10. The summed E-state index contributed by atoms with van der Waals surface area (Å²) < 4.78 is 0.938. The molecule has 1 N–H and O–H groups in total. The average molecular weight is 320 g/mol. The third-order valence-corrected chi connectivity index (χ3v) is 5.25. The van der Waals surface area contributed by atoms with Crippen LogP contribution in [0.15, 0.2) is 40.1 Å². The van der Waals surface area contributed by atoms with E-state index in [0.717, 1.165) is 28.4 Å². The van der Waals surface area contributed by atoms with Crippen LogP contribution in [-0.4, -0.2) is 22.7 Å². The van der Waals surface area contributed by atoms with Crippen LogP contribution in [0.4, 0.5) is 0 Å². The number of aromatic nitrogens is 1. The van der Waals surface area contributed by atoms with Gasteiger partial charge in [0.15, 0.2) is 4.34 Å². The first-order chi connectivity index (χ1) is 10.2. The van der Waals surface area contributed by atoms with E-state index in [-0.39, 0.29) is 11.9 Å². The SMILES string of the molecule is CCC(CC)NC(=O)CSc1nc(-c2ccccc2)cs1. The number of hydrogen-bond donors (Lipinski definition) is 1. The van der Waals surface area contributed by atoms with Gasteiger partial charge < -0.3 is 5.32 Å². The Bertz CT molecular complexity index is 565. The minimum Gasteiger partial charge on any atom is -0.353 e. The van der Waals surface area contributed by atoms with E-state index in [9.17, 15) is 4.79 Å². The lowest BCUT2D eigenvalue weighted by molar-refractivity contribution is -0.119. The predicted molar refractivity (Wildman–Crippen MR) is 90.8 cm³/mol. The summed E-state index contributed by atoms with van der Waals surface area (Å²) in [6.07, 6.45) is 1.95. The van der Waals surface area contributed by atoms with Gasteiger partial charge in [-0.05, 0) is 12.8 Å². The highest BCUT2D eigenvalue weighted by Crippen LogP contribution is 2.27. The molecule has 21 heavy (non-hydrogen) atoms. The Morgan fingerprint density at radius 1 is 1.29 bits per heavy atom. The fourth-order valence-electron chi connectivity index (χ4n) is 1.95. The molecule has 0 saturated heterocycles. The molecule has 0 unspecified atom stereocenters.